The molecular formula is C11H18O2SSi. The van der Waals surface area contributed by atoms with E-state index < -0.39 is 8.32 Å². The highest BCUT2D eigenvalue weighted by molar-refractivity contribution is 7.10. The average molecular weight is 242 g/mol. The van der Waals surface area contributed by atoms with Crippen molar-refractivity contribution >= 4 is 25.7 Å². The van der Waals surface area contributed by atoms with Gasteiger partial charge >= 0.3 is 0 Å². The number of hydrogen-bond acceptors (Lipinski definition) is 3. The van der Waals surface area contributed by atoms with E-state index >= 15 is 0 Å². The molecule has 0 unspecified atom stereocenters. The predicted octanol–water partition coefficient (Wildman–Crippen LogP) is 3.93. The summed E-state index contributed by atoms with van der Waals surface area (Å²) in [5.74, 6) is 0.652. The second-order valence-corrected chi connectivity index (χ2v) is 9.53. The van der Waals surface area contributed by atoms with E-state index in [1.54, 1.807) is 11.3 Å². The smallest absolute Gasteiger partial charge is 0.266 e. The summed E-state index contributed by atoms with van der Waals surface area (Å²) in [5.41, 5.74) is 0. The molecule has 0 spiro atoms. The molecule has 0 fully saturated rings. The van der Waals surface area contributed by atoms with Gasteiger partial charge in [0.05, 0.1) is 6.61 Å². The Bertz CT molecular complexity index is 312. The minimum absolute atomic E-state index is 0.641. The van der Waals surface area contributed by atoms with E-state index in [-0.39, 0.29) is 0 Å². The van der Waals surface area contributed by atoms with Gasteiger partial charge in [0.1, 0.15) is 0 Å². The second kappa shape index (κ2) is 5.37. The van der Waals surface area contributed by atoms with E-state index in [2.05, 4.69) is 25.7 Å². The lowest BCUT2D eigenvalue weighted by Gasteiger charge is -2.21. The summed E-state index contributed by atoms with van der Waals surface area (Å²) in [4.78, 5) is 1.16. The first-order valence-corrected chi connectivity index (χ1v) is 9.37. The van der Waals surface area contributed by atoms with Crippen LogP contribution in [-0.2, 0) is 9.16 Å². The largest absolute Gasteiger partial charge is 0.520 e. The molecule has 0 saturated carbocycles. The Morgan fingerprint density at radius 2 is 2.20 bits per heavy atom. The molecule has 84 valence electrons. The highest BCUT2D eigenvalue weighted by atomic mass is 32.1. The van der Waals surface area contributed by atoms with Gasteiger partial charge < -0.3 is 9.16 Å². The lowest BCUT2D eigenvalue weighted by atomic mass is 10.4. The summed E-state index contributed by atoms with van der Waals surface area (Å²) in [6, 6.07) is 4.08. The molecule has 0 N–H and O–H groups in total. The van der Waals surface area contributed by atoms with Crippen LogP contribution in [0.15, 0.2) is 23.5 Å². The van der Waals surface area contributed by atoms with E-state index in [1.165, 1.54) is 0 Å². The molecule has 0 aliphatic carbocycles. The van der Waals surface area contributed by atoms with Crippen molar-refractivity contribution in [3.63, 3.8) is 0 Å². The molecule has 0 aliphatic heterocycles. The standard InChI is InChI=1S/C11H18O2SSi/c1-5-12-11(13-15(2,3)4)9-10-7-6-8-14-10/h6-9H,5H2,1-4H3/b11-9-. The fraction of sp³-hybridized carbons (Fsp3) is 0.455. The average Bonchev–Trinajstić information content (AvgIpc) is 2.54. The molecule has 1 heterocycles. The van der Waals surface area contributed by atoms with Crippen molar-refractivity contribution in [2.45, 2.75) is 26.6 Å². The summed E-state index contributed by atoms with van der Waals surface area (Å²) in [7, 11) is -1.58. The van der Waals surface area contributed by atoms with Crippen LogP contribution in [0.1, 0.15) is 11.8 Å². The second-order valence-electron chi connectivity index (χ2n) is 4.13. The maximum absolute atomic E-state index is 5.84. The van der Waals surface area contributed by atoms with E-state index in [1.807, 2.05) is 24.4 Å². The van der Waals surface area contributed by atoms with Crippen LogP contribution in [0.2, 0.25) is 19.6 Å². The molecule has 0 bridgehead atoms. The summed E-state index contributed by atoms with van der Waals surface area (Å²) in [6.07, 6.45) is 1.96. The van der Waals surface area contributed by atoms with Crippen LogP contribution >= 0.6 is 11.3 Å². The van der Waals surface area contributed by atoms with Gasteiger partial charge in [0.2, 0.25) is 8.32 Å². The van der Waals surface area contributed by atoms with Crippen molar-refractivity contribution in [2.75, 3.05) is 6.61 Å². The lowest BCUT2D eigenvalue weighted by molar-refractivity contribution is 0.117. The first kappa shape index (κ1) is 12.3. The van der Waals surface area contributed by atoms with Crippen molar-refractivity contribution in [3.8, 4) is 0 Å². The molecule has 2 nitrogen and oxygen atoms in total. The molecule has 0 aliphatic rings. The molecular weight excluding hydrogens is 224 g/mol. The summed E-state index contributed by atoms with van der Waals surface area (Å²) >= 11 is 1.68. The predicted molar refractivity (Wildman–Crippen MR) is 68.4 cm³/mol. The van der Waals surface area contributed by atoms with E-state index in [4.69, 9.17) is 9.16 Å². The van der Waals surface area contributed by atoms with Crippen molar-refractivity contribution < 1.29 is 9.16 Å². The van der Waals surface area contributed by atoms with Gasteiger partial charge in [-0.3, -0.25) is 0 Å². The Labute approximate surface area is 96.7 Å². The van der Waals surface area contributed by atoms with Crippen LogP contribution in [0.25, 0.3) is 6.08 Å². The number of thiophene rings is 1. The topological polar surface area (TPSA) is 18.5 Å². The zero-order valence-corrected chi connectivity index (χ0v) is 11.6. The SMILES string of the molecule is CCO/C(=C/c1cccs1)O[Si](C)(C)C. The molecule has 15 heavy (non-hydrogen) atoms. The fourth-order valence-electron chi connectivity index (χ4n) is 1.03. The third-order valence-corrected chi connectivity index (χ3v) is 3.13. The van der Waals surface area contributed by atoms with Crippen molar-refractivity contribution in [2.24, 2.45) is 0 Å². The lowest BCUT2D eigenvalue weighted by Crippen LogP contribution is -2.25. The van der Waals surface area contributed by atoms with Crippen LogP contribution in [-0.4, -0.2) is 14.9 Å². The van der Waals surface area contributed by atoms with Crippen LogP contribution in [0, 0.1) is 0 Å². The van der Waals surface area contributed by atoms with E-state index in [0.29, 0.717) is 12.6 Å². The van der Waals surface area contributed by atoms with Crippen molar-refractivity contribution in [1.82, 2.24) is 0 Å². The Hall–Kier alpha value is -0.743. The maximum Gasteiger partial charge on any atom is 0.266 e. The first-order valence-electron chi connectivity index (χ1n) is 5.08. The molecule has 1 rings (SSSR count). The van der Waals surface area contributed by atoms with Gasteiger partial charge in [-0.1, -0.05) is 6.07 Å². The fourth-order valence-corrected chi connectivity index (χ4v) is 2.39. The highest BCUT2D eigenvalue weighted by Crippen LogP contribution is 2.18. The Kier molecular flexibility index (Phi) is 4.41. The van der Waals surface area contributed by atoms with Crippen LogP contribution in [0.5, 0.6) is 0 Å². The third kappa shape index (κ3) is 5.04. The van der Waals surface area contributed by atoms with Gasteiger partial charge in [-0.2, -0.15) is 0 Å². The number of ether oxygens (including phenoxy) is 1. The molecule has 0 atom stereocenters. The first-order chi connectivity index (χ1) is 7.01. The Balaban J connectivity index is 2.73. The molecule has 1 aromatic heterocycles. The van der Waals surface area contributed by atoms with Gasteiger partial charge in [0.15, 0.2) is 0 Å². The van der Waals surface area contributed by atoms with Gasteiger partial charge in [-0.25, -0.2) is 0 Å². The zero-order valence-electron chi connectivity index (χ0n) is 9.74. The molecule has 0 amide bonds. The van der Waals surface area contributed by atoms with Crippen LogP contribution in [0.4, 0.5) is 0 Å². The quantitative estimate of drug-likeness (QED) is 0.575. The molecule has 4 heteroatoms. The van der Waals surface area contributed by atoms with Crippen molar-refractivity contribution in [1.29, 1.82) is 0 Å². The maximum atomic E-state index is 5.84. The van der Waals surface area contributed by atoms with Gasteiger partial charge in [0.25, 0.3) is 5.95 Å². The molecule has 0 radical (unpaired) electrons. The highest BCUT2D eigenvalue weighted by Gasteiger charge is 2.18. The summed E-state index contributed by atoms with van der Waals surface area (Å²) < 4.78 is 11.3. The zero-order chi connectivity index (χ0) is 11.3. The summed E-state index contributed by atoms with van der Waals surface area (Å²) in [5, 5.41) is 2.05. The minimum Gasteiger partial charge on any atom is -0.520 e. The van der Waals surface area contributed by atoms with Gasteiger partial charge in [0, 0.05) is 11.0 Å². The molecule has 0 saturated heterocycles. The monoisotopic (exact) mass is 242 g/mol. The minimum atomic E-state index is -1.58. The van der Waals surface area contributed by atoms with Crippen LogP contribution < -0.4 is 0 Å². The molecule has 1 aromatic rings. The third-order valence-electron chi connectivity index (χ3n) is 1.50. The van der Waals surface area contributed by atoms with Gasteiger partial charge in [-0.15, -0.1) is 11.3 Å². The number of rotatable bonds is 5. The Morgan fingerprint density at radius 3 is 2.67 bits per heavy atom. The van der Waals surface area contributed by atoms with E-state index in [0.717, 1.165) is 4.88 Å². The summed E-state index contributed by atoms with van der Waals surface area (Å²) in [6.45, 7) is 9.05. The molecule has 0 aromatic carbocycles. The van der Waals surface area contributed by atoms with Crippen molar-refractivity contribution in [3.05, 3.63) is 28.3 Å². The van der Waals surface area contributed by atoms with Gasteiger partial charge in [-0.05, 0) is 38.0 Å². The number of hydrogen-bond donors (Lipinski definition) is 0. The van der Waals surface area contributed by atoms with Crippen LogP contribution in [0.3, 0.4) is 0 Å². The van der Waals surface area contributed by atoms with E-state index in [9.17, 15) is 0 Å². The Morgan fingerprint density at radius 1 is 1.47 bits per heavy atom. The normalized spacial score (nSPS) is 12.7.